The van der Waals surface area contributed by atoms with Crippen molar-refractivity contribution in [2.45, 2.75) is 31.8 Å². The molecule has 10 heavy (non-hydrogen) atoms. The lowest BCUT2D eigenvalue weighted by molar-refractivity contribution is -0.124. The lowest BCUT2D eigenvalue weighted by atomic mass is 10.0. The Balaban J connectivity index is 0.000000810. The van der Waals surface area contributed by atoms with Gasteiger partial charge in [0.1, 0.15) is 0 Å². The van der Waals surface area contributed by atoms with Crippen LogP contribution in [0.5, 0.6) is 0 Å². The summed E-state index contributed by atoms with van der Waals surface area (Å²) in [5.74, 6) is -0.00579. The van der Waals surface area contributed by atoms with Gasteiger partial charge in [-0.3, -0.25) is 4.79 Å². The number of nitrogens with two attached hydrogens (primary N) is 1. The van der Waals surface area contributed by atoms with E-state index in [2.05, 4.69) is 5.32 Å². The number of hydrogen-bond donors (Lipinski definition) is 2. The van der Waals surface area contributed by atoms with Crippen molar-refractivity contribution in [1.82, 2.24) is 5.32 Å². The standard InChI is InChI=1S/C6H12N2O.ClH/c1-4-2-3-5(7)6(9)8-4;/h4-5H,2-3,7H2,1H3,(H,8,9);1H/t4-,5?;/m0./s1. The first-order valence-corrected chi connectivity index (χ1v) is 3.26. The van der Waals surface area contributed by atoms with Gasteiger partial charge in [0.05, 0.1) is 6.04 Å². The summed E-state index contributed by atoms with van der Waals surface area (Å²) in [4.78, 5) is 10.8. The van der Waals surface area contributed by atoms with Crippen LogP contribution in [0.1, 0.15) is 19.8 Å². The molecule has 1 saturated heterocycles. The number of piperidine rings is 1. The highest BCUT2D eigenvalue weighted by atomic mass is 35.5. The second-order valence-corrected chi connectivity index (χ2v) is 2.59. The van der Waals surface area contributed by atoms with E-state index in [4.69, 9.17) is 5.73 Å². The Morgan fingerprint density at radius 2 is 2.20 bits per heavy atom. The highest BCUT2D eigenvalue weighted by molar-refractivity contribution is 5.85. The molecule has 60 valence electrons. The van der Waals surface area contributed by atoms with E-state index in [1.807, 2.05) is 6.92 Å². The molecule has 0 spiro atoms. The zero-order chi connectivity index (χ0) is 6.85. The Morgan fingerprint density at radius 1 is 1.60 bits per heavy atom. The third-order valence-corrected chi connectivity index (χ3v) is 1.64. The molecule has 0 bridgehead atoms. The molecule has 1 amide bonds. The number of amides is 1. The molecule has 3 nitrogen and oxygen atoms in total. The molecule has 1 fully saturated rings. The van der Waals surface area contributed by atoms with Gasteiger partial charge in [-0.2, -0.15) is 0 Å². The van der Waals surface area contributed by atoms with Crippen molar-refractivity contribution in [2.75, 3.05) is 0 Å². The third kappa shape index (κ3) is 2.15. The summed E-state index contributed by atoms with van der Waals surface area (Å²) in [6.45, 7) is 1.99. The van der Waals surface area contributed by atoms with Crippen molar-refractivity contribution in [2.24, 2.45) is 5.73 Å². The lowest BCUT2D eigenvalue weighted by Crippen LogP contribution is -2.49. The molecule has 0 aliphatic carbocycles. The van der Waals surface area contributed by atoms with Gasteiger partial charge in [-0.1, -0.05) is 0 Å². The summed E-state index contributed by atoms with van der Waals surface area (Å²) in [5, 5.41) is 2.77. The molecule has 0 aromatic heterocycles. The molecular formula is C6H13ClN2O. The van der Waals surface area contributed by atoms with Crippen LogP contribution in [0, 0.1) is 0 Å². The molecular weight excluding hydrogens is 152 g/mol. The van der Waals surface area contributed by atoms with Gasteiger partial charge in [0.15, 0.2) is 0 Å². The molecule has 0 aromatic rings. The Morgan fingerprint density at radius 3 is 2.60 bits per heavy atom. The molecule has 1 aliphatic heterocycles. The summed E-state index contributed by atoms with van der Waals surface area (Å²) in [6.07, 6.45) is 1.83. The Bertz CT molecular complexity index is 129. The summed E-state index contributed by atoms with van der Waals surface area (Å²) >= 11 is 0. The Kier molecular flexibility index (Phi) is 3.68. The van der Waals surface area contributed by atoms with Gasteiger partial charge in [-0.05, 0) is 19.8 Å². The molecule has 0 saturated carbocycles. The fourth-order valence-corrected chi connectivity index (χ4v) is 0.983. The van der Waals surface area contributed by atoms with Gasteiger partial charge in [-0.15, -0.1) is 12.4 Å². The first-order valence-electron chi connectivity index (χ1n) is 3.26. The SMILES string of the molecule is C[C@H]1CCC(N)C(=O)N1.Cl. The fraction of sp³-hybridized carbons (Fsp3) is 0.833. The van der Waals surface area contributed by atoms with E-state index in [0.717, 1.165) is 12.8 Å². The number of nitrogens with one attached hydrogen (secondary N) is 1. The minimum Gasteiger partial charge on any atom is -0.352 e. The van der Waals surface area contributed by atoms with Crippen LogP contribution in [-0.2, 0) is 4.79 Å². The van der Waals surface area contributed by atoms with Crippen molar-refractivity contribution >= 4 is 18.3 Å². The van der Waals surface area contributed by atoms with Gasteiger partial charge in [0.2, 0.25) is 5.91 Å². The van der Waals surface area contributed by atoms with Crippen molar-refractivity contribution in [3.05, 3.63) is 0 Å². The van der Waals surface area contributed by atoms with Crippen LogP contribution >= 0.6 is 12.4 Å². The van der Waals surface area contributed by atoms with E-state index in [1.54, 1.807) is 0 Å². The van der Waals surface area contributed by atoms with Crippen LogP contribution in [-0.4, -0.2) is 18.0 Å². The van der Waals surface area contributed by atoms with Crippen molar-refractivity contribution in [1.29, 1.82) is 0 Å². The van der Waals surface area contributed by atoms with Gasteiger partial charge in [-0.25, -0.2) is 0 Å². The predicted molar refractivity (Wildman–Crippen MR) is 42.1 cm³/mol. The zero-order valence-electron chi connectivity index (χ0n) is 5.96. The number of carbonyl (C=O) groups is 1. The van der Waals surface area contributed by atoms with E-state index in [0.29, 0.717) is 6.04 Å². The van der Waals surface area contributed by atoms with E-state index in [9.17, 15) is 4.79 Å². The highest BCUT2D eigenvalue weighted by Crippen LogP contribution is 2.05. The summed E-state index contributed by atoms with van der Waals surface area (Å²) in [7, 11) is 0. The second-order valence-electron chi connectivity index (χ2n) is 2.59. The smallest absolute Gasteiger partial charge is 0.237 e. The maximum Gasteiger partial charge on any atom is 0.237 e. The molecule has 1 aliphatic rings. The normalized spacial score (nSPS) is 32.4. The van der Waals surface area contributed by atoms with E-state index < -0.39 is 0 Å². The predicted octanol–water partition coefficient (Wildman–Crippen LogP) is 0.0340. The molecule has 2 atom stereocenters. The highest BCUT2D eigenvalue weighted by Gasteiger charge is 2.21. The minimum atomic E-state index is -0.263. The topological polar surface area (TPSA) is 55.1 Å². The van der Waals surface area contributed by atoms with Crippen molar-refractivity contribution in [3.63, 3.8) is 0 Å². The fourth-order valence-electron chi connectivity index (χ4n) is 0.983. The molecule has 1 heterocycles. The average molecular weight is 165 g/mol. The van der Waals surface area contributed by atoms with Gasteiger partial charge < -0.3 is 11.1 Å². The average Bonchev–Trinajstić information content (AvgIpc) is 1.80. The van der Waals surface area contributed by atoms with Crippen molar-refractivity contribution < 1.29 is 4.79 Å². The number of carbonyl (C=O) groups excluding carboxylic acids is 1. The maximum atomic E-state index is 10.8. The lowest BCUT2D eigenvalue weighted by Gasteiger charge is -2.23. The monoisotopic (exact) mass is 164 g/mol. The van der Waals surface area contributed by atoms with Crippen LogP contribution in [0.15, 0.2) is 0 Å². The van der Waals surface area contributed by atoms with Crippen molar-refractivity contribution in [3.8, 4) is 0 Å². The van der Waals surface area contributed by atoms with Gasteiger partial charge >= 0.3 is 0 Å². The summed E-state index contributed by atoms with van der Waals surface area (Å²) < 4.78 is 0. The third-order valence-electron chi connectivity index (χ3n) is 1.64. The van der Waals surface area contributed by atoms with Crippen LogP contribution < -0.4 is 11.1 Å². The first kappa shape index (κ1) is 9.72. The minimum absolute atomic E-state index is 0. The van der Waals surface area contributed by atoms with Gasteiger partial charge in [0.25, 0.3) is 0 Å². The molecule has 1 rings (SSSR count). The molecule has 3 N–H and O–H groups in total. The van der Waals surface area contributed by atoms with E-state index in [-0.39, 0.29) is 24.4 Å². The zero-order valence-corrected chi connectivity index (χ0v) is 6.78. The summed E-state index contributed by atoms with van der Waals surface area (Å²) in [5.41, 5.74) is 5.43. The maximum absolute atomic E-state index is 10.8. The first-order chi connectivity index (χ1) is 4.20. The molecule has 4 heteroatoms. The van der Waals surface area contributed by atoms with Crippen LogP contribution in [0.2, 0.25) is 0 Å². The number of rotatable bonds is 0. The molecule has 1 unspecified atom stereocenters. The largest absolute Gasteiger partial charge is 0.352 e. The number of hydrogen-bond acceptors (Lipinski definition) is 2. The molecule has 0 radical (unpaired) electrons. The van der Waals surface area contributed by atoms with Crippen LogP contribution in [0.4, 0.5) is 0 Å². The van der Waals surface area contributed by atoms with E-state index >= 15 is 0 Å². The van der Waals surface area contributed by atoms with Gasteiger partial charge in [0, 0.05) is 6.04 Å². The second kappa shape index (κ2) is 3.78. The van der Waals surface area contributed by atoms with Crippen LogP contribution in [0.3, 0.4) is 0 Å². The summed E-state index contributed by atoms with van der Waals surface area (Å²) in [6, 6.07) is 0.0542. The Hall–Kier alpha value is -0.280. The van der Waals surface area contributed by atoms with E-state index in [1.165, 1.54) is 0 Å². The van der Waals surface area contributed by atoms with Crippen LogP contribution in [0.25, 0.3) is 0 Å². The quantitative estimate of drug-likeness (QED) is 0.531. The number of halogens is 1. The Labute approximate surface area is 66.8 Å². The molecule has 0 aromatic carbocycles.